The molecule has 5 heteroatoms. The average Bonchev–Trinajstić information content (AvgIpc) is 3.49. The summed E-state index contributed by atoms with van der Waals surface area (Å²) in [6.45, 7) is 4.44. The Morgan fingerprint density at radius 3 is 1.18 bits per heavy atom. The van der Waals surface area contributed by atoms with Crippen molar-refractivity contribution in [2.75, 3.05) is 0 Å². The molecule has 2 aromatic heterocycles. The number of nitrogens with zero attached hydrogens (tertiary/aromatic N) is 5. The first-order chi connectivity index (χ1) is 36.5. The molecular weight excluding hydrogens is 899 g/mol. The van der Waals surface area contributed by atoms with E-state index in [-0.39, 0.29) is 11.8 Å². The molecule has 0 spiro atoms. The zero-order chi connectivity index (χ0) is 49.8. The lowest BCUT2D eigenvalue weighted by Gasteiger charge is -2.24. The highest BCUT2D eigenvalue weighted by molar-refractivity contribution is 5.90. The van der Waals surface area contributed by atoms with E-state index in [0.29, 0.717) is 23.3 Å². The van der Waals surface area contributed by atoms with Crippen molar-refractivity contribution < 1.29 is 0 Å². The molecule has 9 aromatic carbocycles. The Morgan fingerprint density at radius 1 is 0.311 bits per heavy atom. The van der Waals surface area contributed by atoms with Crippen molar-refractivity contribution in [3.05, 3.63) is 278 Å². The van der Waals surface area contributed by atoms with E-state index in [2.05, 4.69) is 214 Å². The van der Waals surface area contributed by atoms with Crippen molar-refractivity contribution in [2.45, 2.75) is 19.8 Å². The van der Waals surface area contributed by atoms with Gasteiger partial charge in [0.1, 0.15) is 0 Å². The molecule has 1 aliphatic rings. The number of hydrogen-bond donors (Lipinski definition) is 0. The Morgan fingerprint density at radius 2 is 0.676 bits per heavy atom. The molecule has 11 aromatic rings. The van der Waals surface area contributed by atoms with E-state index >= 15 is 0 Å². The highest BCUT2D eigenvalue weighted by atomic mass is 15.0. The smallest absolute Gasteiger partial charge is 0.164 e. The predicted molar refractivity (Wildman–Crippen MR) is 305 cm³/mol. The van der Waals surface area contributed by atoms with E-state index in [1.807, 2.05) is 60.7 Å². The molecule has 2 atom stereocenters. The fourth-order valence-corrected chi connectivity index (χ4v) is 10.2. The first-order valence-electron chi connectivity index (χ1n) is 25.3. The minimum atomic E-state index is 0.107. The van der Waals surface area contributed by atoms with E-state index < -0.39 is 0 Å². The van der Waals surface area contributed by atoms with Crippen LogP contribution in [0, 0.1) is 12.8 Å². The van der Waals surface area contributed by atoms with Crippen LogP contribution in [-0.4, -0.2) is 24.9 Å². The molecule has 352 valence electrons. The van der Waals surface area contributed by atoms with Crippen LogP contribution in [-0.2, 0) is 0 Å². The van der Waals surface area contributed by atoms with Crippen LogP contribution in [0.4, 0.5) is 0 Å². The molecule has 0 fully saturated rings. The van der Waals surface area contributed by atoms with E-state index in [9.17, 15) is 0 Å². The van der Waals surface area contributed by atoms with Crippen LogP contribution in [0.3, 0.4) is 0 Å². The molecule has 0 N–H and O–H groups in total. The Bertz CT molecular complexity index is 3700. The SMILES string of the molecule is Cc1c(-c2ccccc2-c2ccccc2)nc(-c2cccc(-c3cccc(-c4cccc(C5C=C(c6nc(-c7ccccc7)nc(-c7ccccc7)n6)C=CC5C)c4)c3)c2)nc1-c1ccccc1-c1ccccc1. The summed E-state index contributed by atoms with van der Waals surface area (Å²) in [4.78, 5) is 26.0. The van der Waals surface area contributed by atoms with Gasteiger partial charge < -0.3 is 0 Å². The van der Waals surface area contributed by atoms with Crippen LogP contribution in [0.25, 0.3) is 107 Å². The molecule has 0 saturated heterocycles. The van der Waals surface area contributed by atoms with Crippen LogP contribution < -0.4 is 0 Å². The van der Waals surface area contributed by atoms with Crippen molar-refractivity contribution in [1.82, 2.24) is 24.9 Å². The molecule has 2 heterocycles. The first-order valence-corrected chi connectivity index (χ1v) is 25.3. The summed E-state index contributed by atoms with van der Waals surface area (Å²) in [6, 6.07) is 85.1. The minimum absolute atomic E-state index is 0.107. The average molecular weight is 950 g/mol. The van der Waals surface area contributed by atoms with Gasteiger partial charge in [0, 0.05) is 44.9 Å². The number of allylic oxidation sites excluding steroid dienone is 4. The van der Waals surface area contributed by atoms with Crippen molar-refractivity contribution in [3.63, 3.8) is 0 Å². The normalized spacial score (nSPS) is 14.1. The Kier molecular flexibility index (Phi) is 12.6. The van der Waals surface area contributed by atoms with Crippen LogP contribution in [0.1, 0.15) is 29.8 Å². The number of aromatic nitrogens is 5. The molecule has 12 rings (SSSR count). The molecule has 0 saturated carbocycles. The molecule has 5 nitrogen and oxygen atoms in total. The quantitative estimate of drug-likeness (QED) is 0.129. The number of rotatable bonds is 11. The molecule has 0 aliphatic heterocycles. The molecule has 0 bridgehead atoms. The van der Waals surface area contributed by atoms with Gasteiger partial charge in [-0.3, -0.25) is 0 Å². The van der Waals surface area contributed by atoms with E-state index in [4.69, 9.17) is 24.9 Å². The van der Waals surface area contributed by atoms with Crippen LogP contribution in [0.15, 0.2) is 261 Å². The van der Waals surface area contributed by atoms with Gasteiger partial charge in [-0.15, -0.1) is 0 Å². The molecule has 0 radical (unpaired) electrons. The summed E-state index contributed by atoms with van der Waals surface area (Å²) >= 11 is 0. The summed E-state index contributed by atoms with van der Waals surface area (Å²) in [6.07, 6.45) is 6.77. The molecular formula is C69H51N5. The van der Waals surface area contributed by atoms with Gasteiger partial charge in [0.05, 0.1) is 11.4 Å². The first kappa shape index (κ1) is 45.7. The van der Waals surface area contributed by atoms with Gasteiger partial charge in [0.15, 0.2) is 23.3 Å². The van der Waals surface area contributed by atoms with Crippen LogP contribution >= 0.6 is 0 Å². The summed E-state index contributed by atoms with van der Waals surface area (Å²) < 4.78 is 0. The van der Waals surface area contributed by atoms with Crippen molar-refractivity contribution in [3.8, 4) is 101 Å². The summed E-state index contributed by atoms with van der Waals surface area (Å²) in [5, 5.41) is 0. The van der Waals surface area contributed by atoms with Gasteiger partial charge in [-0.25, -0.2) is 24.9 Å². The third-order valence-corrected chi connectivity index (χ3v) is 14.1. The highest BCUT2D eigenvalue weighted by Gasteiger charge is 2.24. The van der Waals surface area contributed by atoms with E-state index in [0.717, 1.165) is 94.8 Å². The van der Waals surface area contributed by atoms with Gasteiger partial charge in [-0.05, 0) is 75.0 Å². The van der Waals surface area contributed by atoms with E-state index in [1.54, 1.807) is 0 Å². The van der Waals surface area contributed by atoms with Crippen molar-refractivity contribution in [2.24, 2.45) is 5.92 Å². The Labute approximate surface area is 433 Å². The summed E-state index contributed by atoms with van der Waals surface area (Å²) in [5.41, 5.74) is 19.1. The van der Waals surface area contributed by atoms with Crippen molar-refractivity contribution in [1.29, 1.82) is 0 Å². The summed E-state index contributed by atoms with van der Waals surface area (Å²) in [5.74, 6) is 3.01. The van der Waals surface area contributed by atoms with Crippen LogP contribution in [0.2, 0.25) is 0 Å². The largest absolute Gasteiger partial charge is 0.228 e. The second kappa shape index (κ2) is 20.3. The zero-order valence-electron chi connectivity index (χ0n) is 41.2. The van der Waals surface area contributed by atoms with Gasteiger partial charge >= 0.3 is 0 Å². The second-order valence-corrected chi connectivity index (χ2v) is 18.9. The molecule has 0 amide bonds. The number of benzene rings is 9. The van der Waals surface area contributed by atoms with Gasteiger partial charge in [0.2, 0.25) is 0 Å². The van der Waals surface area contributed by atoms with Gasteiger partial charge in [-0.1, -0.05) is 256 Å². The maximum absolute atomic E-state index is 5.48. The lowest BCUT2D eigenvalue weighted by molar-refractivity contribution is 0.637. The molecule has 1 aliphatic carbocycles. The van der Waals surface area contributed by atoms with Crippen molar-refractivity contribution >= 4 is 5.57 Å². The second-order valence-electron chi connectivity index (χ2n) is 18.9. The third kappa shape index (κ3) is 9.31. The third-order valence-electron chi connectivity index (χ3n) is 14.1. The zero-order valence-corrected chi connectivity index (χ0v) is 41.2. The summed E-state index contributed by atoms with van der Waals surface area (Å²) in [7, 11) is 0. The van der Waals surface area contributed by atoms with Gasteiger partial charge in [-0.2, -0.15) is 0 Å². The van der Waals surface area contributed by atoms with Gasteiger partial charge in [0.25, 0.3) is 0 Å². The lowest BCUT2D eigenvalue weighted by Crippen LogP contribution is -2.11. The predicted octanol–water partition coefficient (Wildman–Crippen LogP) is 17.3. The number of hydrogen-bond acceptors (Lipinski definition) is 5. The fourth-order valence-electron chi connectivity index (χ4n) is 10.2. The standard InChI is InChI=1S/C69H51N5/c1-46-40-41-58(69-73-66(50-26-11-5-12-27-50)72-67(74-69)51-28-13-6-14-29-51)45-63(46)56-34-20-32-54(43-56)52-30-19-31-53(42-52)55-33-21-35-57(44-55)68-70-64(61-38-17-15-36-59(61)48-22-7-3-8-23-48)47(2)65(71-68)62-39-18-16-37-60(62)49-24-9-4-10-25-49/h3-46,63H,1-2H3. The lowest BCUT2D eigenvalue weighted by atomic mass is 9.81. The topological polar surface area (TPSA) is 64.5 Å². The maximum Gasteiger partial charge on any atom is 0.164 e. The monoisotopic (exact) mass is 949 g/mol. The minimum Gasteiger partial charge on any atom is -0.228 e. The maximum atomic E-state index is 5.48. The highest BCUT2D eigenvalue weighted by Crippen LogP contribution is 2.42. The Hall–Kier alpha value is -9.45. The molecule has 74 heavy (non-hydrogen) atoms. The van der Waals surface area contributed by atoms with E-state index in [1.165, 1.54) is 5.56 Å². The fraction of sp³-hybridized carbons (Fsp3) is 0.0580. The molecule has 2 unspecified atom stereocenters. The van der Waals surface area contributed by atoms with Crippen LogP contribution in [0.5, 0.6) is 0 Å². The Balaban J connectivity index is 0.906.